The molecular weight excluding hydrogens is 377 g/mol. The van der Waals surface area contributed by atoms with Gasteiger partial charge in [0.1, 0.15) is 12.4 Å². The standard InChI is InChI=1S/C18H17F3N4OS/c1-11-9-27-17(22-11)24-8-4-7-14(24)15-23-13-6-3-2-5-12(13)16(26)25(15)10-18(19,20)21/h2-3,5-6,9,14H,4,7-8,10H2,1H3. The number of fused-ring (bicyclic) bond motifs is 1. The first kappa shape index (κ1) is 18.0. The Morgan fingerprint density at radius 3 is 2.74 bits per heavy atom. The Morgan fingerprint density at radius 1 is 1.26 bits per heavy atom. The average Bonchev–Trinajstić information content (AvgIpc) is 3.25. The van der Waals surface area contributed by atoms with Gasteiger partial charge in [-0.1, -0.05) is 12.1 Å². The Morgan fingerprint density at radius 2 is 2.04 bits per heavy atom. The number of aromatic nitrogens is 3. The van der Waals surface area contributed by atoms with E-state index in [1.807, 2.05) is 17.2 Å². The molecule has 1 atom stereocenters. The average molecular weight is 394 g/mol. The molecule has 5 nitrogen and oxygen atoms in total. The highest BCUT2D eigenvalue weighted by Gasteiger charge is 2.36. The molecule has 9 heteroatoms. The van der Waals surface area contributed by atoms with Gasteiger partial charge in [-0.25, -0.2) is 9.97 Å². The van der Waals surface area contributed by atoms with Gasteiger partial charge in [0, 0.05) is 11.9 Å². The van der Waals surface area contributed by atoms with Crippen molar-refractivity contribution in [2.75, 3.05) is 11.4 Å². The molecule has 1 fully saturated rings. The largest absolute Gasteiger partial charge is 0.406 e. The maximum absolute atomic E-state index is 13.2. The van der Waals surface area contributed by atoms with Gasteiger partial charge in [-0.2, -0.15) is 13.2 Å². The fourth-order valence-electron chi connectivity index (χ4n) is 3.51. The third-order valence-electron chi connectivity index (χ3n) is 4.63. The SMILES string of the molecule is Cc1csc(N2CCCC2c2nc3ccccc3c(=O)n2CC(F)(F)F)n1. The zero-order chi connectivity index (χ0) is 19.2. The van der Waals surface area contributed by atoms with E-state index >= 15 is 0 Å². The minimum Gasteiger partial charge on any atom is -0.338 e. The molecule has 0 spiro atoms. The second kappa shape index (κ2) is 6.63. The number of halogens is 3. The summed E-state index contributed by atoms with van der Waals surface area (Å²) in [6, 6.07) is 6.12. The van der Waals surface area contributed by atoms with E-state index in [4.69, 9.17) is 0 Å². The molecule has 27 heavy (non-hydrogen) atoms. The van der Waals surface area contributed by atoms with Gasteiger partial charge < -0.3 is 4.90 Å². The van der Waals surface area contributed by atoms with Gasteiger partial charge >= 0.3 is 6.18 Å². The van der Waals surface area contributed by atoms with Crippen LogP contribution in [0, 0.1) is 6.92 Å². The van der Waals surface area contributed by atoms with Crippen LogP contribution in [-0.2, 0) is 6.54 Å². The van der Waals surface area contributed by atoms with Crippen LogP contribution in [0.2, 0.25) is 0 Å². The second-order valence-electron chi connectivity index (χ2n) is 6.62. The molecule has 1 saturated heterocycles. The summed E-state index contributed by atoms with van der Waals surface area (Å²) >= 11 is 1.45. The molecule has 1 aliphatic heterocycles. The Balaban J connectivity index is 1.88. The van der Waals surface area contributed by atoms with Crippen molar-refractivity contribution >= 4 is 27.4 Å². The summed E-state index contributed by atoms with van der Waals surface area (Å²) in [6.07, 6.45) is -3.08. The lowest BCUT2D eigenvalue weighted by Crippen LogP contribution is -2.35. The van der Waals surface area contributed by atoms with Crippen molar-refractivity contribution in [2.24, 2.45) is 0 Å². The van der Waals surface area contributed by atoms with E-state index in [9.17, 15) is 18.0 Å². The van der Waals surface area contributed by atoms with Crippen LogP contribution in [0.25, 0.3) is 10.9 Å². The molecule has 3 aromatic rings. The molecule has 1 aromatic carbocycles. The quantitative estimate of drug-likeness (QED) is 0.672. The molecule has 0 amide bonds. The van der Waals surface area contributed by atoms with Gasteiger partial charge in [0.15, 0.2) is 5.13 Å². The smallest absolute Gasteiger partial charge is 0.338 e. The summed E-state index contributed by atoms with van der Waals surface area (Å²) in [5, 5.41) is 2.84. The number of benzene rings is 1. The molecular formula is C18H17F3N4OS. The number of hydrogen-bond donors (Lipinski definition) is 0. The first-order chi connectivity index (χ1) is 12.8. The van der Waals surface area contributed by atoms with Crippen LogP contribution >= 0.6 is 11.3 Å². The van der Waals surface area contributed by atoms with Crippen molar-refractivity contribution in [1.82, 2.24) is 14.5 Å². The minimum absolute atomic E-state index is 0.154. The highest BCUT2D eigenvalue weighted by molar-refractivity contribution is 7.13. The first-order valence-electron chi connectivity index (χ1n) is 8.58. The Hall–Kier alpha value is -2.42. The van der Waals surface area contributed by atoms with Crippen LogP contribution in [-0.4, -0.2) is 27.3 Å². The number of alkyl halides is 3. The molecule has 2 aromatic heterocycles. The number of anilines is 1. The number of hydrogen-bond acceptors (Lipinski definition) is 5. The fraction of sp³-hybridized carbons (Fsp3) is 0.389. The second-order valence-corrected chi connectivity index (χ2v) is 7.45. The summed E-state index contributed by atoms with van der Waals surface area (Å²) in [4.78, 5) is 23.7. The fourth-order valence-corrected chi connectivity index (χ4v) is 4.39. The molecule has 0 N–H and O–H groups in total. The molecule has 1 unspecified atom stereocenters. The molecule has 0 saturated carbocycles. The summed E-state index contributed by atoms with van der Waals surface area (Å²) in [5.74, 6) is 0.154. The number of nitrogens with zero attached hydrogens (tertiary/aromatic N) is 4. The third kappa shape index (κ3) is 3.43. The number of thiazole rings is 1. The Bertz CT molecular complexity index is 1040. The van der Waals surface area contributed by atoms with Crippen LogP contribution in [0.3, 0.4) is 0 Å². The maximum atomic E-state index is 13.2. The van der Waals surface area contributed by atoms with Gasteiger partial charge in [-0.15, -0.1) is 11.3 Å². The highest BCUT2D eigenvalue weighted by Crippen LogP contribution is 2.37. The number of para-hydroxylation sites is 1. The number of aryl methyl sites for hydroxylation is 1. The van der Waals surface area contributed by atoms with E-state index in [2.05, 4.69) is 9.97 Å². The number of rotatable bonds is 3. The maximum Gasteiger partial charge on any atom is 0.406 e. The van der Waals surface area contributed by atoms with Crippen molar-refractivity contribution in [3.05, 3.63) is 51.5 Å². The summed E-state index contributed by atoms with van der Waals surface area (Å²) in [5.41, 5.74) is 0.619. The van der Waals surface area contributed by atoms with E-state index < -0.39 is 24.3 Å². The van der Waals surface area contributed by atoms with Crippen LogP contribution in [0.15, 0.2) is 34.4 Å². The van der Waals surface area contributed by atoms with Gasteiger partial charge in [0.05, 0.1) is 22.6 Å². The Labute approximate surface area is 157 Å². The van der Waals surface area contributed by atoms with Gasteiger partial charge in [-0.3, -0.25) is 9.36 Å². The van der Waals surface area contributed by atoms with Crippen molar-refractivity contribution in [3.8, 4) is 0 Å². The summed E-state index contributed by atoms with van der Waals surface area (Å²) < 4.78 is 40.4. The van der Waals surface area contributed by atoms with Gasteiger partial charge in [0.25, 0.3) is 5.56 Å². The molecule has 1 aliphatic rings. The van der Waals surface area contributed by atoms with Crippen molar-refractivity contribution < 1.29 is 13.2 Å². The van der Waals surface area contributed by atoms with Crippen molar-refractivity contribution in [1.29, 1.82) is 0 Å². The molecule has 3 heterocycles. The normalized spacial score (nSPS) is 17.8. The predicted octanol–water partition coefficient (Wildman–Crippen LogP) is 4.07. The highest BCUT2D eigenvalue weighted by atomic mass is 32.1. The first-order valence-corrected chi connectivity index (χ1v) is 9.46. The van der Waals surface area contributed by atoms with E-state index in [-0.39, 0.29) is 11.2 Å². The zero-order valence-electron chi connectivity index (χ0n) is 14.5. The van der Waals surface area contributed by atoms with E-state index in [0.29, 0.717) is 18.5 Å². The monoisotopic (exact) mass is 394 g/mol. The van der Waals surface area contributed by atoms with E-state index in [0.717, 1.165) is 21.8 Å². The molecule has 0 radical (unpaired) electrons. The lowest BCUT2D eigenvalue weighted by molar-refractivity contribution is -0.141. The summed E-state index contributed by atoms with van der Waals surface area (Å²) in [6.45, 7) is 1.20. The predicted molar refractivity (Wildman–Crippen MR) is 98.2 cm³/mol. The topological polar surface area (TPSA) is 51.0 Å². The van der Waals surface area contributed by atoms with Crippen LogP contribution in [0.1, 0.15) is 30.4 Å². The van der Waals surface area contributed by atoms with Crippen molar-refractivity contribution in [3.63, 3.8) is 0 Å². The lowest BCUT2D eigenvalue weighted by atomic mass is 10.1. The minimum atomic E-state index is -4.51. The Kier molecular flexibility index (Phi) is 4.41. The van der Waals surface area contributed by atoms with E-state index in [1.165, 1.54) is 17.4 Å². The van der Waals surface area contributed by atoms with E-state index in [1.54, 1.807) is 18.2 Å². The summed E-state index contributed by atoms with van der Waals surface area (Å²) in [7, 11) is 0. The van der Waals surface area contributed by atoms with Gasteiger partial charge in [-0.05, 0) is 31.9 Å². The molecule has 4 rings (SSSR count). The molecule has 0 bridgehead atoms. The van der Waals surface area contributed by atoms with Crippen LogP contribution in [0.5, 0.6) is 0 Å². The van der Waals surface area contributed by atoms with Crippen LogP contribution < -0.4 is 10.5 Å². The molecule has 0 aliphatic carbocycles. The van der Waals surface area contributed by atoms with Gasteiger partial charge in [0.2, 0.25) is 0 Å². The lowest BCUT2D eigenvalue weighted by Gasteiger charge is -2.26. The third-order valence-corrected chi connectivity index (χ3v) is 5.63. The zero-order valence-corrected chi connectivity index (χ0v) is 15.3. The van der Waals surface area contributed by atoms with Crippen molar-refractivity contribution in [2.45, 2.75) is 38.5 Å². The van der Waals surface area contributed by atoms with Crippen LogP contribution in [0.4, 0.5) is 18.3 Å². The molecule has 142 valence electrons.